The fourth-order valence-corrected chi connectivity index (χ4v) is 2.51. The highest BCUT2D eigenvalue weighted by molar-refractivity contribution is 5.84. The van der Waals surface area contributed by atoms with E-state index in [0.29, 0.717) is 11.7 Å². The quantitative estimate of drug-likeness (QED) is 0.789. The third-order valence-corrected chi connectivity index (χ3v) is 3.72. The van der Waals surface area contributed by atoms with Crippen LogP contribution in [0.1, 0.15) is 48.9 Å². The van der Waals surface area contributed by atoms with Gasteiger partial charge in [-0.1, -0.05) is 19.8 Å². The largest absolute Gasteiger partial charge is 0.475 e. The molecule has 2 amide bonds. The van der Waals surface area contributed by atoms with E-state index in [1.807, 2.05) is 0 Å². The molecule has 2 rings (SSSR count). The van der Waals surface area contributed by atoms with Gasteiger partial charge in [0.05, 0.1) is 6.54 Å². The first-order valence-corrected chi connectivity index (χ1v) is 6.92. The minimum absolute atomic E-state index is 0.122. The third-order valence-electron chi connectivity index (χ3n) is 3.72. The summed E-state index contributed by atoms with van der Waals surface area (Å²) in [6, 6.07) is 2.90. The van der Waals surface area contributed by atoms with E-state index in [2.05, 4.69) is 17.6 Å². The SMILES string of the molecule is CC1CCCCC1NC(=O)NCc1ccc(C(=O)O)o1. The van der Waals surface area contributed by atoms with Crippen LogP contribution < -0.4 is 10.6 Å². The van der Waals surface area contributed by atoms with Crippen LogP contribution in [0.2, 0.25) is 0 Å². The van der Waals surface area contributed by atoms with Gasteiger partial charge in [0.2, 0.25) is 5.76 Å². The molecule has 20 heavy (non-hydrogen) atoms. The van der Waals surface area contributed by atoms with Crippen molar-refractivity contribution in [1.82, 2.24) is 10.6 Å². The fourth-order valence-electron chi connectivity index (χ4n) is 2.51. The summed E-state index contributed by atoms with van der Waals surface area (Å²) in [6.45, 7) is 2.33. The van der Waals surface area contributed by atoms with Crippen LogP contribution in [-0.4, -0.2) is 23.1 Å². The van der Waals surface area contributed by atoms with Crippen LogP contribution in [0.3, 0.4) is 0 Å². The molecule has 0 spiro atoms. The summed E-state index contributed by atoms with van der Waals surface area (Å²) in [7, 11) is 0. The maximum Gasteiger partial charge on any atom is 0.371 e. The molecule has 2 unspecified atom stereocenters. The van der Waals surface area contributed by atoms with E-state index >= 15 is 0 Å². The molecular weight excluding hydrogens is 260 g/mol. The minimum Gasteiger partial charge on any atom is -0.475 e. The van der Waals surface area contributed by atoms with Crippen LogP contribution in [0.4, 0.5) is 4.79 Å². The lowest BCUT2D eigenvalue weighted by Crippen LogP contribution is -2.45. The van der Waals surface area contributed by atoms with Crippen LogP contribution in [-0.2, 0) is 6.54 Å². The topological polar surface area (TPSA) is 91.6 Å². The van der Waals surface area contributed by atoms with Crippen molar-refractivity contribution in [3.05, 3.63) is 23.7 Å². The molecule has 0 radical (unpaired) electrons. The summed E-state index contributed by atoms with van der Waals surface area (Å²) in [4.78, 5) is 22.4. The van der Waals surface area contributed by atoms with E-state index in [0.717, 1.165) is 19.3 Å². The van der Waals surface area contributed by atoms with Gasteiger partial charge in [-0.3, -0.25) is 0 Å². The molecule has 0 aromatic carbocycles. The van der Waals surface area contributed by atoms with Gasteiger partial charge in [0.25, 0.3) is 0 Å². The summed E-state index contributed by atoms with van der Waals surface area (Å²) in [6.07, 6.45) is 4.53. The van der Waals surface area contributed by atoms with Crippen molar-refractivity contribution in [3.8, 4) is 0 Å². The Morgan fingerprint density at radius 1 is 1.35 bits per heavy atom. The summed E-state index contributed by atoms with van der Waals surface area (Å²) in [5, 5.41) is 14.4. The predicted molar refractivity (Wildman–Crippen MR) is 72.5 cm³/mol. The van der Waals surface area contributed by atoms with Crippen molar-refractivity contribution in [2.75, 3.05) is 0 Å². The average molecular weight is 280 g/mol. The second-order valence-corrected chi connectivity index (χ2v) is 5.27. The molecule has 1 aliphatic rings. The Morgan fingerprint density at radius 2 is 2.10 bits per heavy atom. The molecule has 1 saturated carbocycles. The number of urea groups is 1. The highest BCUT2D eigenvalue weighted by atomic mass is 16.4. The van der Waals surface area contributed by atoms with E-state index in [9.17, 15) is 9.59 Å². The van der Waals surface area contributed by atoms with Gasteiger partial charge in [-0.15, -0.1) is 0 Å². The number of amides is 2. The van der Waals surface area contributed by atoms with Gasteiger partial charge < -0.3 is 20.2 Å². The number of aromatic carboxylic acids is 1. The molecule has 0 bridgehead atoms. The van der Waals surface area contributed by atoms with Crippen molar-refractivity contribution < 1.29 is 19.1 Å². The monoisotopic (exact) mass is 280 g/mol. The number of rotatable bonds is 4. The summed E-state index contributed by atoms with van der Waals surface area (Å²) in [5.41, 5.74) is 0. The van der Waals surface area contributed by atoms with E-state index in [-0.39, 0.29) is 24.4 Å². The second kappa shape index (κ2) is 6.45. The Labute approximate surface area is 117 Å². The van der Waals surface area contributed by atoms with Crippen LogP contribution in [0.15, 0.2) is 16.5 Å². The Hall–Kier alpha value is -1.98. The lowest BCUT2D eigenvalue weighted by molar-refractivity contribution is 0.0660. The summed E-state index contributed by atoms with van der Waals surface area (Å²) in [5.74, 6) is -0.314. The zero-order valence-electron chi connectivity index (χ0n) is 11.5. The molecule has 2 atom stereocenters. The average Bonchev–Trinajstić information content (AvgIpc) is 2.88. The fraction of sp³-hybridized carbons (Fsp3) is 0.571. The number of hydrogen-bond donors (Lipinski definition) is 3. The first-order valence-electron chi connectivity index (χ1n) is 6.92. The molecule has 1 aliphatic carbocycles. The normalized spacial score (nSPS) is 22.2. The van der Waals surface area contributed by atoms with Crippen LogP contribution in [0.25, 0.3) is 0 Å². The molecule has 1 heterocycles. The first kappa shape index (κ1) is 14.4. The number of furan rings is 1. The lowest BCUT2D eigenvalue weighted by Gasteiger charge is -2.29. The highest BCUT2D eigenvalue weighted by Gasteiger charge is 2.22. The number of hydrogen-bond acceptors (Lipinski definition) is 3. The molecule has 0 aliphatic heterocycles. The van der Waals surface area contributed by atoms with Gasteiger partial charge in [-0.2, -0.15) is 0 Å². The third kappa shape index (κ3) is 3.76. The maximum atomic E-state index is 11.8. The van der Waals surface area contributed by atoms with Crippen molar-refractivity contribution in [1.29, 1.82) is 0 Å². The lowest BCUT2D eigenvalue weighted by atomic mass is 9.86. The molecule has 6 heteroatoms. The standard InChI is InChI=1S/C14H20N2O4/c1-9-4-2-3-5-11(9)16-14(19)15-8-10-6-7-12(20-10)13(17)18/h6-7,9,11H,2-5,8H2,1H3,(H,17,18)(H2,15,16,19). The Kier molecular flexibility index (Phi) is 4.65. The van der Waals surface area contributed by atoms with E-state index in [1.165, 1.54) is 12.5 Å². The van der Waals surface area contributed by atoms with E-state index < -0.39 is 5.97 Å². The minimum atomic E-state index is -1.11. The number of carboxylic acids is 1. The van der Waals surface area contributed by atoms with Gasteiger partial charge in [0.15, 0.2) is 0 Å². The maximum absolute atomic E-state index is 11.8. The van der Waals surface area contributed by atoms with Gasteiger partial charge in [-0.25, -0.2) is 9.59 Å². The zero-order chi connectivity index (χ0) is 14.5. The van der Waals surface area contributed by atoms with Gasteiger partial charge in [0.1, 0.15) is 5.76 Å². The van der Waals surface area contributed by atoms with Crippen LogP contribution in [0.5, 0.6) is 0 Å². The van der Waals surface area contributed by atoms with Crippen molar-refractivity contribution >= 4 is 12.0 Å². The van der Waals surface area contributed by atoms with Crippen LogP contribution >= 0.6 is 0 Å². The smallest absolute Gasteiger partial charge is 0.371 e. The zero-order valence-corrected chi connectivity index (χ0v) is 11.5. The van der Waals surface area contributed by atoms with Gasteiger partial charge in [-0.05, 0) is 30.9 Å². The highest BCUT2D eigenvalue weighted by Crippen LogP contribution is 2.23. The first-order chi connectivity index (χ1) is 9.56. The number of carbonyl (C=O) groups excluding carboxylic acids is 1. The molecule has 6 nitrogen and oxygen atoms in total. The number of carboxylic acid groups (broad SMARTS) is 1. The molecule has 1 aromatic rings. The van der Waals surface area contributed by atoms with Crippen LogP contribution in [0, 0.1) is 5.92 Å². The number of carbonyl (C=O) groups is 2. The molecule has 3 N–H and O–H groups in total. The van der Waals surface area contributed by atoms with Crippen molar-refractivity contribution in [3.63, 3.8) is 0 Å². The van der Waals surface area contributed by atoms with Crippen molar-refractivity contribution in [2.24, 2.45) is 5.92 Å². The van der Waals surface area contributed by atoms with E-state index in [1.54, 1.807) is 6.07 Å². The summed E-state index contributed by atoms with van der Waals surface area (Å²) < 4.78 is 5.06. The molecule has 110 valence electrons. The molecule has 0 saturated heterocycles. The Balaban J connectivity index is 1.78. The molecular formula is C14H20N2O4. The Bertz CT molecular complexity index is 483. The number of nitrogens with one attached hydrogen (secondary N) is 2. The second-order valence-electron chi connectivity index (χ2n) is 5.27. The van der Waals surface area contributed by atoms with Gasteiger partial charge in [0, 0.05) is 6.04 Å². The molecule has 1 fully saturated rings. The van der Waals surface area contributed by atoms with E-state index in [4.69, 9.17) is 9.52 Å². The predicted octanol–water partition coefficient (Wildman–Crippen LogP) is 2.36. The molecule has 1 aromatic heterocycles. The van der Waals surface area contributed by atoms with Gasteiger partial charge >= 0.3 is 12.0 Å². The summed E-state index contributed by atoms with van der Waals surface area (Å²) >= 11 is 0. The van der Waals surface area contributed by atoms with Crippen molar-refractivity contribution in [2.45, 2.75) is 45.2 Å². The Morgan fingerprint density at radius 3 is 2.75 bits per heavy atom.